The first kappa shape index (κ1) is 17.0. The molecule has 124 valence electrons. The lowest BCUT2D eigenvalue weighted by Crippen LogP contribution is -2.29. The van der Waals surface area contributed by atoms with Crippen molar-refractivity contribution in [3.63, 3.8) is 0 Å². The number of hydrogen-bond donors (Lipinski definition) is 3. The van der Waals surface area contributed by atoms with Crippen LogP contribution in [0.2, 0.25) is 0 Å². The first-order valence-electron chi connectivity index (χ1n) is 7.89. The molecule has 23 heavy (non-hydrogen) atoms. The zero-order valence-corrected chi connectivity index (χ0v) is 13.2. The number of carboxylic acid groups (broad SMARTS) is 1. The van der Waals surface area contributed by atoms with Gasteiger partial charge in [0.2, 0.25) is 5.91 Å². The largest absolute Gasteiger partial charge is 0.481 e. The van der Waals surface area contributed by atoms with Crippen LogP contribution >= 0.6 is 0 Å². The zero-order valence-electron chi connectivity index (χ0n) is 13.2. The van der Waals surface area contributed by atoms with Gasteiger partial charge in [-0.3, -0.25) is 14.4 Å². The first-order valence-corrected chi connectivity index (χ1v) is 7.89. The molecule has 0 unspecified atom stereocenters. The van der Waals surface area contributed by atoms with Crippen molar-refractivity contribution in [1.29, 1.82) is 0 Å². The molecule has 0 aromatic heterocycles. The summed E-state index contributed by atoms with van der Waals surface area (Å²) in [5, 5.41) is 14.5. The molecule has 0 bridgehead atoms. The van der Waals surface area contributed by atoms with E-state index in [0.717, 1.165) is 5.56 Å². The Bertz CT molecular complexity index is 583. The molecule has 1 aliphatic carbocycles. The molecule has 0 heterocycles. The van der Waals surface area contributed by atoms with Crippen molar-refractivity contribution in [2.24, 2.45) is 11.8 Å². The average molecular weight is 318 g/mol. The van der Waals surface area contributed by atoms with E-state index in [1.54, 1.807) is 24.3 Å². The van der Waals surface area contributed by atoms with Crippen molar-refractivity contribution in [2.75, 3.05) is 6.54 Å². The van der Waals surface area contributed by atoms with Gasteiger partial charge in [-0.05, 0) is 43.9 Å². The van der Waals surface area contributed by atoms with Crippen LogP contribution in [0.3, 0.4) is 0 Å². The molecule has 1 aliphatic rings. The van der Waals surface area contributed by atoms with Crippen LogP contribution in [0.1, 0.15) is 42.1 Å². The molecular formula is C17H22N2O4. The summed E-state index contributed by atoms with van der Waals surface area (Å²) in [6.45, 7) is 2.82. The van der Waals surface area contributed by atoms with Gasteiger partial charge in [-0.25, -0.2) is 0 Å². The minimum absolute atomic E-state index is 0.0958. The smallest absolute Gasteiger partial charge is 0.306 e. The molecule has 1 aromatic rings. The van der Waals surface area contributed by atoms with Crippen LogP contribution in [0.4, 0.5) is 0 Å². The SMILES string of the molecule is CCNC(=O)c1ccc(CNC(=O)[C@@H]2CC[C@H](C(=O)O)C2)cc1. The summed E-state index contributed by atoms with van der Waals surface area (Å²) in [7, 11) is 0. The molecule has 0 spiro atoms. The summed E-state index contributed by atoms with van der Waals surface area (Å²) < 4.78 is 0. The lowest BCUT2D eigenvalue weighted by atomic mass is 10.0. The molecule has 6 nitrogen and oxygen atoms in total. The molecule has 1 fully saturated rings. The molecular weight excluding hydrogens is 296 g/mol. The van der Waals surface area contributed by atoms with Crippen LogP contribution in [0.5, 0.6) is 0 Å². The fraction of sp³-hybridized carbons (Fsp3) is 0.471. The van der Waals surface area contributed by atoms with Crippen molar-refractivity contribution >= 4 is 17.8 Å². The summed E-state index contributed by atoms with van der Waals surface area (Å²) in [4.78, 5) is 34.7. The number of carboxylic acids is 1. The van der Waals surface area contributed by atoms with Crippen LogP contribution in [0, 0.1) is 11.8 Å². The van der Waals surface area contributed by atoms with Crippen molar-refractivity contribution in [1.82, 2.24) is 10.6 Å². The van der Waals surface area contributed by atoms with Gasteiger partial charge < -0.3 is 15.7 Å². The summed E-state index contributed by atoms with van der Waals surface area (Å²) in [6.07, 6.45) is 1.60. The fourth-order valence-electron chi connectivity index (χ4n) is 2.81. The minimum atomic E-state index is -0.818. The second-order valence-electron chi connectivity index (χ2n) is 5.82. The highest BCUT2D eigenvalue weighted by molar-refractivity contribution is 5.94. The fourth-order valence-corrected chi connectivity index (χ4v) is 2.81. The number of nitrogens with one attached hydrogen (secondary N) is 2. The van der Waals surface area contributed by atoms with Crippen molar-refractivity contribution in [3.8, 4) is 0 Å². The van der Waals surface area contributed by atoms with E-state index in [9.17, 15) is 14.4 Å². The highest BCUT2D eigenvalue weighted by Gasteiger charge is 2.33. The standard InChI is InChI=1S/C17H22N2O4/c1-2-18-15(20)12-5-3-11(4-6-12)10-19-16(21)13-7-8-14(9-13)17(22)23/h3-6,13-14H,2,7-10H2,1H3,(H,18,20)(H,19,21)(H,22,23)/t13-,14+/m1/s1. The summed E-state index contributed by atoms with van der Waals surface area (Å²) in [5.74, 6) is -1.65. The lowest BCUT2D eigenvalue weighted by molar-refractivity contribution is -0.141. The first-order chi connectivity index (χ1) is 11.0. The maximum atomic E-state index is 12.1. The van der Waals surface area contributed by atoms with Crippen molar-refractivity contribution in [2.45, 2.75) is 32.7 Å². The van der Waals surface area contributed by atoms with E-state index in [1.807, 2.05) is 6.92 Å². The third kappa shape index (κ3) is 4.55. The number of benzene rings is 1. The molecule has 2 rings (SSSR count). The maximum absolute atomic E-state index is 12.1. The molecule has 2 amide bonds. The van der Waals surface area contributed by atoms with Crippen LogP contribution in [0.15, 0.2) is 24.3 Å². The molecule has 6 heteroatoms. The Balaban J connectivity index is 1.83. The van der Waals surface area contributed by atoms with E-state index in [2.05, 4.69) is 10.6 Å². The van der Waals surface area contributed by atoms with E-state index < -0.39 is 11.9 Å². The Labute approximate surface area is 135 Å². The third-order valence-corrected chi connectivity index (χ3v) is 4.17. The van der Waals surface area contributed by atoms with Crippen molar-refractivity contribution in [3.05, 3.63) is 35.4 Å². The predicted octanol–water partition coefficient (Wildman–Crippen LogP) is 1.55. The van der Waals surface area contributed by atoms with Crippen LogP contribution < -0.4 is 10.6 Å². The van der Waals surface area contributed by atoms with Crippen LogP contribution in [-0.4, -0.2) is 29.4 Å². The molecule has 0 radical (unpaired) electrons. The van der Waals surface area contributed by atoms with Crippen molar-refractivity contribution < 1.29 is 19.5 Å². The zero-order chi connectivity index (χ0) is 16.8. The molecule has 1 aromatic carbocycles. The Kier molecular flexibility index (Phi) is 5.73. The monoisotopic (exact) mass is 318 g/mol. The topological polar surface area (TPSA) is 95.5 Å². The second-order valence-corrected chi connectivity index (χ2v) is 5.82. The summed E-state index contributed by atoms with van der Waals surface area (Å²) in [5.41, 5.74) is 1.49. The van der Waals surface area contributed by atoms with E-state index in [0.29, 0.717) is 37.9 Å². The number of hydrogen-bond acceptors (Lipinski definition) is 3. The quantitative estimate of drug-likeness (QED) is 0.741. The highest BCUT2D eigenvalue weighted by atomic mass is 16.4. The minimum Gasteiger partial charge on any atom is -0.481 e. The van der Waals surface area contributed by atoms with Gasteiger partial charge in [-0.1, -0.05) is 12.1 Å². The number of amides is 2. The van der Waals surface area contributed by atoms with E-state index in [-0.39, 0.29) is 17.7 Å². The van der Waals surface area contributed by atoms with E-state index in [1.165, 1.54) is 0 Å². The number of aliphatic carboxylic acids is 1. The Morgan fingerprint density at radius 1 is 1.09 bits per heavy atom. The summed E-state index contributed by atoms with van der Waals surface area (Å²) >= 11 is 0. The van der Waals surface area contributed by atoms with Gasteiger partial charge >= 0.3 is 5.97 Å². The Morgan fingerprint density at radius 2 is 1.74 bits per heavy atom. The van der Waals surface area contributed by atoms with E-state index in [4.69, 9.17) is 5.11 Å². The van der Waals surface area contributed by atoms with E-state index >= 15 is 0 Å². The van der Waals surface area contributed by atoms with Crippen LogP contribution in [-0.2, 0) is 16.1 Å². The van der Waals surface area contributed by atoms with Gasteiger partial charge in [-0.15, -0.1) is 0 Å². The van der Waals surface area contributed by atoms with Gasteiger partial charge in [0.25, 0.3) is 5.91 Å². The number of carbonyl (C=O) groups is 3. The highest BCUT2D eigenvalue weighted by Crippen LogP contribution is 2.31. The van der Waals surface area contributed by atoms with Gasteiger partial charge in [0, 0.05) is 24.6 Å². The molecule has 2 atom stereocenters. The van der Waals surface area contributed by atoms with Crippen LogP contribution in [0.25, 0.3) is 0 Å². The second kappa shape index (κ2) is 7.76. The summed E-state index contributed by atoms with van der Waals surface area (Å²) in [6, 6.07) is 7.06. The number of rotatable bonds is 6. The average Bonchev–Trinajstić information content (AvgIpc) is 3.03. The predicted molar refractivity (Wildman–Crippen MR) is 84.8 cm³/mol. The van der Waals surface area contributed by atoms with Gasteiger partial charge in [0.1, 0.15) is 0 Å². The third-order valence-electron chi connectivity index (χ3n) is 4.17. The molecule has 1 saturated carbocycles. The maximum Gasteiger partial charge on any atom is 0.306 e. The molecule has 3 N–H and O–H groups in total. The lowest BCUT2D eigenvalue weighted by Gasteiger charge is -2.11. The Morgan fingerprint density at radius 3 is 2.30 bits per heavy atom. The van der Waals surface area contributed by atoms with Gasteiger partial charge in [-0.2, -0.15) is 0 Å². The number of carbonyl (C=O) groups excluding carboxylic acids is 2. The van der Waals surface area contributed by atoms with Gasteiger partial charge in [0.15, 0.2) is 0 Å². The molecule has 0 saturated heterocycles. The molecule has 0 aliphatic heterocycles. The Hall–Kier alpha value is -2.37. The van der Waals surface area contributed by atoms with Gasteiger partial charge in [0.05, 0.1) is 5.92 Å². The normalized spacial score (nSPS) is 20.0.